The van der Waals surface area contributed by atoms with Crippen LogP contribution >= 0.6 is 12.6 Å². The average molecular weight is 519 g/mol. The molecule has 1 aromatic carbocycles. The van der Waals surface area contributed by atoms with Crippen LogP contribution in [0.4, 0.5) is 0 Å². The Labute approximate surface area is 217 Å². The Morgan fingerprint density at radius 1 is 1.00 bits per heavy atom. The average Bonchev–Trinajstić information content (AvgIpc) is 3.27. The summed E-state index contributed by atoms with van der Waals surface area (Å²) in [5.74, 6) is -1.25. The van der Waals surface area contributed by atoms with Gasteiger partial charge < -0.3 is 25.7 Å². The number of rotatable bonds is 14. The van der Waals surface area contributed by atoms with Gasteiger partial charge in [-0.25, -0.2) is 0 Å². The van der Waals surface area contributed by atoms with E-state index in [2.05, 4.69) is 38.3 Å². The predicted molar refractivity (Wildman–Crippen MR) is 143 cm³/mol. The van der Waals surface area contributed by atoms with Crippen LogP contribution < -0.4 is 16.0 Å². The second-order valence-electron chi connectivity index (χ2n) is 9.27. The summed E-state index contributed by atoms with van der Waals surface area (Å²) < 4.78 is 4.62. The Hall–Kier alpha value is -3.01. The van der Waals surface area contributed by atoms with Crippen LogP contribution in [0.5, 0.6) is 0 Å². The molecule has 0 saturated heterocycles. The summed E-state index contributed by atoms with van der Waals surface area (Å²) in [5, 5.41) is 8.62. The van der Waals surface area contributed by atoms with Crippen molar-refractivity contribution in [1.82, 2.24) is 20.9 Å². The first-order valence-corrected chi connectivity index (χ1v) is 12.8. The summed E-state index contributed by atoms with van der Waals surface area (Å²) in [4.78, 5) is 53.1. The molecule has 10 heteroatoms. The first kappa shape index (κ1) is 29.2. The number of carbonyl (C=O) groups is 4. The molecule has 2 rings (SSSR count). The van der Waals surface area contributed by atoms with E-state index in [9.17, 15) is 19.2 Å². The summed E-state index contributed by atoms with van der Waals surface area (Å²) in [6, 6.07) is 6.14. The Morgan fingerprint density at radius 3 is 2.36 bits per heavy atom. The number of likely N-dealkylation sites (N-methyl/N-ethyl adjacent to an activating group) is 1. The van der Waals surface area contributed by atoms with Gasteiger partial charge in [-0.05, 0) is 36.8 Å². The molecule has 0 bridgehead atoms. The Kier molecular flexibility index (Phi) is 11.8. The van der Waals surface area contributed by atoms with E-state index >= 15 is 0 Å². The number of carbonyl (C=O) groups excluding carboxylic acids is 4. The van der Waals surface area contributed by atoms with Crippen LogP contribution in [0.1, 0.15) is 51.5 Å². The Morgan fingerprint density at radius 2 is 1.69 bits per heavy atom. The molecule has 3 amide bonds. The number of para-hydroxylation sites is 1. The molecular weight excluding hydrogens is 480 g/mol. The fourth-order valence-electron chi connectivity index (χ4n) is 3.99. The molecular formula is C26H38N4O5S. The topological polar surface area (TPSA) is 129 Å². The molecule has 2 aromatic rings. The molecule has 0 aliphatic heterocycles. The third-order valence-electron chi connectivity index (χ3n) is 5.96. The number of hydrogen-bond acceptors (Lipinski definition) is 6. The molecule has 0 aliphatic rings. The van der Waals surface area contributed by atoms with E-state index in [1.807, 2.05) is 44.3 Å². The van der Waals surface area contributed by atoms with Gasteiger partial charge in [-0.3, -0.25) is 19.2 Å². The number of hydrogen-bond donors (Lipinski definition) is 5. The van der Waals surface area contributed by atoms with Crippen LogP contribution in [-0.4, -0.2) is 60.2 Å². The van der Waals surface area contributed by atoms with E-state index in [0.29, 0.717) is 32.1 Å². The summed E-state index contributed by atoms with van der Waals surface area (Å²) in [5.41, 5.74) is 1.86. The molecule has 0 spiro atoms. The van der Waals surface area contributed by atoms with Crippen molar-refractivity contribution < 1.29 is 23.9 Å². The first-order valence-electron chi connectivity index (χ1n) is 12.3. The highest BCUT2D eigenvalue weighted by Crippen LogP contribution is 2.19. The fourth-order valence-corrected chi connectivity index (χ4v) is 4.24. The quantitative estimate of drug-likeness (QED) is 0.149. The maximum Gasteiger partial charge on any atom is 0.305 e. The van der Waals surface area contributed by atoms with E-state index in [1.54, 1.807) is 0 Å². The van der Waals surface area contributed by atoms with Gasteiger partial charge in [-0.15, -0.1) is 0 Å². The Bertz CT molecular complexity index is 1040. The molecule has 0 fully saturated rings. The number of unbranched alkanes of at least 4 members (excludes halogenated alkanes) is 1. The van der Waals surface area contributed by atoms with Crippen LogP contribution in [0.15, 0.2) is 30.5 Å². The van der Waals surface area contributed by atoms with Gasteiger partial charge in [-0.1, -0.05) is 38.5 Å². The number of benzene rings is 1. The molecule has 1 heterocycles. The summed E-state index contributed by atoms with van der Waals surface area (Å²) in [7, 11) is 2.86. The highest BCUT2D eigenvalue weighted by Gasteiger charge is 2.29. The standard InChI is InChI=1S/C26H38N4O5S/c1-16(2)13-20(30-26(34)22(36)11-7-8-12-23(31)35-4)25(33)29-21(24(32)27-3)14-17-15-28-19-10-6-5-9-18(17)19/h5-6,9-10,15-16,20-22,28,36H,7-8,11-14H2,1-4H3,(H,27,32)(H,29,33)(H,30,34)/t20-,21-,22?/m0/s1. The van der Waals surface area contributed by atoms with Crippen LogP contribution in [0, 0.1) is 5.92 Å². The van der Waals surface area contributed by atoms with E-state index in [1.165, 1.54) is 14.2 Å². The number of esters is 1. The predicted octanol–water partition coefficient (Wildman–Crippen LogP) is 2.50. The highest BCUT2D eigenvalue weighted by molar-refractivity contribution is 7.81. The lowest BCUT2D eigenvalue weighted by atomic mass is 10.0. The second kappa shape index (κ2) is 14.5. The lowest BCUT2D eigenvalue weighted by Gasteiger charge is -2.25. The molecule has 1 aromatic heterocycles. The zero-order valence-corrected chi connectivity index (χ0v) is 22.3. The zero-order chi connectivity index (χ0) is 26.7. The summed E-state index contributed by atoms with van der Waals surface area (Å²) in [6.07, 6.45) is 4.51. The van der Waals surface area contributed by atoms with Gasteiger partial charge >= 0.3 is 5.97 Å². The number of fused-ring (bicyclic) bond motifs is 1. The number of thiol groups is 1. The maximum absolute atomic E-state index is 13.2. The molecule has 1 unspecified atom stereocenters. The van der Waals surface area contributed by atoms with Crippen molar-refractivity contribution in [3.63, 3.8) is 0 Å². The molecule has 0 saturated carbocycles. The van der Waals surface area contributed by atoms with Gasteiger partial charge in [-0.2, -0.15) is 12.6 Å². The van der Waals surface area contributed by atoms with Gasteiger partial charge in [0, 0.05) is 37.0 Å². The van der Waals surface area contributed by atoms with Gasteiger partial charge in [0.25, 0.3) is 0 Å². The monoisotopic (exact) mass is 518 g/mol. The highest BCUT2D eigenvalue weighted by atomic mass is 32.1. The van der Waals surface area contributed by atoms with Crippen molar-refractivity contribution in [3.8, 4) is 0 Å². The fraction of sp³-hybridized carbons (Fsp3) is 0.538. The summed E-state index contributed by atoms with van der Waals surface area (Å²) >= 11 is 4.39. The minimum atomic E-state index is -0.808. The molecule has 0 radical (unpaired) electrons. The van der Waals surface area contributed by atoms with Crippen molar-refractivity contribution in [2.45, 2.75) is 69.7 Å². The number of H-pyrrole nitrogens is 1. The van der Waals surface area contributed by atoms with Crippen LogP contribution in [-0.2, 0) is 30.3 Å². The van der Waals surface area contributed by atoms with Crippen LogP contribution in [0.3, 0.4) is 0 Å². The minimum absolute atomic E-state index is 0.131. The van der Waals surface area contributed by atoms with Crippen molar-refractivity contribution in [2.75, 3.05) is 14.2 Å². The molecule has 0 aliphatic carbocycles. The molecule has 4 N–H and O–H groups in total. The number of nitrogens with one attached hydrogen (secondary N) is 4. The normalized spacial score (nSPS) is 13.6. The molecule has 198 valence electrons. The van der Waals surface area contributed by atoms with E-state index in [4.69, 9.17) is 0 Å². The molecule has 36 heavy (non-hydrogen) atoms. The number of aromatic amines is 1. The number of amides is 3. The van der Waals surface area contributed by atoms with Crippen molar-refractivity contribution >= 4 is 47.2 Å². The second-order valence-corrected chi connectivity index (χ2v) is 9.89. The first-order chi connectivity index (χ1) is 17.2. The van der Waals surface area contributed by atoms with Gasteiger partial charge in [0.2, 0.25) is 17.7 Å². The van der Waals surface area contributed by atoms with Crippen LogP contribution in [0.25, 0.3) is 10.9 Å². The van der Waals surface area contributed by atoms with Gasteiger partial charge in [0.05, 0.1) is 12.4 Å². The number of ether oxygens (including phenoxy) is 1. The van der Waals surface area contributed by atoms with Crippen molar-refractivity contribution in [3.05, 3.63) is 36.0 Å². The minimum Gasteiger partial charge on any atom is -0.469 e. The van der Waals surface area contributed by atoms with Crippen molar-refractivity contribution in [2.24, 2.45) is 5.92 Å². The number of aromatic nitrogens is 1. The van der Waals surface area contributed by atoms with E-state index in [-0.39, 0.29) is 30.1 Å². The van der Waals surface area contributed by atoms with Crippen molar-refractivity contribution in [1.29, 1.82) is 0 Å². The van der Waals surface area contributed by atoms with E-state index < -0.39 is 23.2 Å². The smallest absolute Gasteiger partial charge is 0.305 e. The van der Waals surface area contributed by atoms with Gasteiger partial charge in [0.15, 0.2) is 0 Å². The third-order valence-corrected chi connectivity index (χ3v) is 6.45. The Balaban J connectivity index is 2.04. The molecule has 9 nitrogen and oxygen atoms in total. The number of methoxy groups -OCH3 is 1. The van der Waals surface area contributed by atoms with E-state index in [0.717, 1.165) is 16.5 Å². The molecule has 3 atom stereocenters. The largest absolute Gasteiger partial charge is 0.469 e. The summed E-state index contributed by atoms with van der Waals surface area (Å²) in [6.45, 7) is 3.92. The zero-order valence-electron chi connectivity index (χ0n) is 21.4. The maximum atomic E-state index is 13.2. The lowest BCUT2D eigenvalue weighted by molar-refractivity contribution is -0.140. The third kappa shape index (κ3) is 8.89. The van der Waals surface area contributed by atoms with Crippen LogP contribution in [0.2, 0.25) is 0 Å². The SMILES string of the molecule is CNC(=O)[C@H](Cc1c[nH]c2ccccc12)NC(=O)[C@H](CC(C)C)NC(=O)C(S)CCCCC(=O)OC. The lowest BCUT2D eigenvalue weighted by Crippen LogP contribution is -2.55. The van der Waals surface area contributed by atoms with Gasteiger partial charge in [0.1, 0.15) is 12.1 Å².